The Morgan fingerprint density at radius 3 is 2.50 bits per heavy atom. The van der Waals surface area contributed by atoms with Gasteiger partial charge in [0.2, 0.25) is 0 Å². The lowest BCUT2D eigenvalue weighted by molar-refractivity contribution is -0.112. The molecule has 0 aromatic heterocycles. The molecule has 1 aromatic carbocycles. The van der Waals surface area contributed by atoms with Crippen molar-refractivity contribution in [3.05, 3.63) is 40.5 Å². The number of carbonyl (C=O) groups excluding carboxylic acids is 1. The van der Waals surface area contributed by atoms with Crippen LogP contribution in [0.15, 0.2) is 40.5 Å². The lowest BCUT2D eigenvalue weighted by Crippen LogP contribution is -2.26. The van der Waals surface area contributed by atoms with Crippen molar-refractivity contribution in [3.8, 4) is 6.07 Å². The summed E-state index contributed by atoms with van der Waals surface area (Å²) in [6.07, 6.45) is 5.12. The van der Waals surface area contributed by atoms with Gasteiger partial charge in [0, 0.05) is 29.4 Å². The number of hydrogen-bond donors (Lipinski definition) is 1. The Bertz CT molecular complexity index is 539. The zero-order valence-corrected chi connectivity index (χ0v) is 12.7. The van der Waals surface area contributed by atoms with Crippen LogP contribution in [0.3, 0.4) is 0 Å². The summed E-state index contributed by atoms with van der Waals surface area (Å²) in [5, 5.41) is 11.9. The first kappa shape index (κ1) is 14.6. The molecule has 0 bridgehead atoms. The second kappa shape index (κ2) is 7.11. The third kappa shape index (κ3) is 4.10. The van der Waals surface area contributed by atoms with Crippen molar-refractivity contribution in [1.29, 1.82) is 5.26 Å². The average molecular weight is 334 g/mol. The van der Waals surface area contributed by atoms with E-state index in [0.29, 0.717) is 5.69 Å². The van der Waals surface area contributed by atoms with E-state index < -0.39 is 0 Å². The molecule has 20 heavy (non-hydrogen) atoms. The fourth-order valence-electron chi connectivity index (χ4n) is 2.10. The SMILES string of the molecule is N#C/C(=C/N1CCCCC1)C(=O)Nc1ccc(Br)cc1. The number of anilines is 1. The van der Waals surface area contributed by atoms with E-state index >= 15 is 0 Å². The first-order valence-corrected chi connectivity index (χ1v) is 7.41. The number of nitrogens with one attached hydrogen (secondary N) is 1. The Hall–Kier alpha value is -1.80. The van der Waals surface area contributed by atoms with Crippen LogP contribution in [0, 0.1) is 11.3 Å². The van der Waals surface area contributed by atoms with Crippen molar-refractivity contribution in [2.75, 3.05) is 18.4 Å². The first-order chi connectivity index (χ1) is 9.69. The van der Waals surface area contributed by atoms with Crippen molar-refractivity contribution in [1.82, 2.24) is 4.90 Å². The number of piperidine rings is 1. The second-order valence-electron chi connectivity index (χ2n) is 4.71. The molecule has 4 nitrogen and oxygen atoms in total. The highest BCUT2D eigenvalue weighted by molar-refractivity contribution is 9.10. The molecule has 5 heteroatoms. The fourth-order valence-corrected chi connectivity index (χ4v) is 2.36. The first-order valence-electron chi connectivity index (χ1n) is 6.62. The summed E-state index contributed by atoms with van der Waals surface area (Å²) in [4.78, 5) is 14.1. The molecule has 1 heterocycles. The number of nitrogens with zero attached hydrogens (tertiary/aromatic N) is 2. The summed E-state index contributed by atoms with van der Waals surface area (Å²) >= 11 is 3.34. The van der Waals surface area contributed by atoms with Gasteiger partial charge >= 0.3 is 0 Å². The van der Waals surface area contributed by atoms with Crippen LogP contribution in [-0.4, -0.2) is 23.9 Å². The van der Waals surface area contributed by atoms with Gasteiger partial charge in [0.1, 0.15) is 11.6 Å². The van der Waals surface area contributed by atoms with Gasteiger partial charge in [-0.3, -0.25) is 4.79 Å². The molecule has 104 valence electrons. The van der Waals surface area contributed by atoms with E-state index in [1.54, 1.807) is 18.3 Å². The maximum absolute atomic E-state index is 12.1. The quantitative estimate of drug-likeness (QED) is 0.682. The van der Waals surface area contributed by atoms with Gasteiger partial charge in [0.25, 0.3) is 5.91 Å². The fraction of sp³-hybridized carbons (Fsp3) is 0.333. The Morgan fingerprint density at radius 2 is 1.90 bits per heavy atom. The van der Waals surface area contributed by atoms with E-state index in [0.717, 1.165) is 30.4 Å². The van der Waals surface area contributed by atoms with E-state index in [9.17, 15) is 4.79 Å². The van der Waals surface area contributed by atoms with Gasteiger partial charge in [0.05, 0.1) is 0 Å². The van der Waals surface area contributed by atoms with Crippen LogP contribution in [0.2, 0.25) is 0 Å². The normalized spacial score (nSPS) is 15.6. The van der Waals surface area contributed by atoms with E-state index in [1.165, 1.54) is 6.42 Å². The third-order valence-electron chi connectivity index (χ3n) is 3.17. The molecule has 0 unspecified atom stereocenters. The lowest BCUT2D eigenvalue weighted by atomic mass is 10.1. The van der Waals surface area contributed by atoms with Crippen LogP contribution >= 0.6 is 15.9 Å². The average Bonchev–Trinajstić information content (AvgIpc) is 2.48. The molecule has 1 aliphatic heterocycles. The van der Waals surface area contributed by atoms with Gasteiger partial charge in [-0.15, -0.1) is 0 Å². The molecule has 1 N–H and O–H groups in total. The maximum atomic E-state index is 12.1. The van der Waals surface area contributed by atoms with Gasteiger partial charge in [-0.2, -0.15) is 5.26 Å². The molecule has 2 rings (SSSR count). The highest BCUT2D eigenvalue weighted by atomic mass is 79.9. The monoisotopic (exact) mass is 333 g/mol. The lowest BCUT2D eigenvalue weighted by Gasteiger charge is -2.25. The molecule has 1 aliphatic rings. The smallest absolute Gasteiger partial charge is 0.267 e. The van der Waals surface area contributed by atoms with Crippen LogP contribution in [0.4, 0.5) is 5.69 Å². The predicted molar refractivity (Wildman–Crippen MR) is 81.9 cm³/mol. The summed E-state index contributed by atoms with van der Waals surface area (Å²) < 4.78 is 0.944. The number of nitriles is 1. The van der Waals surface area contributed by atoms with E-state index in [-0.39, 0.29) is 11.5 Å². The van der Waals surface area contributed by atoms with E-state index in [1.807, 2.05) is 23.1 Å². The van der Waals surface area contributed by atoms with Gasteiger partial charge in [-0.25, -0.2) is 0 Å². The number of likely N-dealkylation sites (tertiary alicyclic amines) is 1. The summed E-state index contributed by atoms with van der Waals surface area (Å²) in [5.41, 5.74) is 0.827. The van der Waals surface area contributed by atoms with Gasteiger partial charge in [-0.1, -0.05) is 15.9 Å². The molecule has 0 spiro atoms. The van der Waals surface area contributed by atoms with Crippen molar-refractivity contribution in [3.63, 3.8) is 0 Å². The zero-order valence-electron chi connectivity index (χ0n) is 11.1. The maximum Gasteiger partial charge on any atom is 0.267 e. The minimum absolute atomic E-state index is 0.148. The summed E-state index contributed by atoms with van der Waals surface area (Å²) in [5.74, 6) is -0.361. The molecule has 0 aliphatic carbocycles. The molecule has 1 amide bonds. The van der Waals surface area contributed by atoms with Crippen LogP contribution in [0.5, 0.6) is 0 Å². The predicted octanol–water partition coefficient (Wildman–Crippen LogP) is 3.28. The van der Waals surface area contributed by atoms with Crippen LogP contribution in [0.1, 0.15) is 19.3 Å². The second-order valence-corrected chi connectivity index (χ2v) is 5.63. The van der Waals surface area contributed by atoms with Crippen molar-refractivity contribution < 1.29 is 4.79 Å². The molecule has 1 aromatic rings. The van der Waals surface area contributed by atoms with E-state index in [4.69, 9.17) is 5.26 Å². The molecule has 1 fully saturated rings. The molecular weight excluding hydrogens is 318 g/mol. The highest BCUT2D eigenvalue weighted by Gasteiger charge is 2.13. The van der Waals surface area contributed by atoms with E-state index in [2.05, 4.69) is 21.2 Å². The number of halogens is 1. The number of rotatable bonds is 3. The molecular formula is C15H16BrN3O. The molecule has 0 saturated carbocycles. The van der Waals surface area contributed by atoms with Crippen molar-refractivity contribution in [2.45, 2.75) is 19.3 Å². The summed E-state index contributed by atoms with van der Waals surface area (Å²) in [6, 6.07) is 9.24. The Kier molecular flexibility index (Phi) is 5.19. The molecule has 0 atom stereocenters. The van der Waals surface area contributed by atoms with Gasteiger partial charge in [0.15, 0.2) is 0 Å². The van der Waals surface area contributed by atoms with Gasteiger partial charge < -0.3 is 10.2 Å². The van der Waals surface area contributed by atoms with Crippen LogP contribution < -0.4 is 5.32 Å². The van der Waals surface area contributed by atoms with Crippen LogP contribution in [0.25, 0.3) is 0 Å². The van der Waals surface area contributed by atoms with Crippen LogP contribution in [-0.2, 0) is 4.79 Å². The third-order valence-corrected chi connectivity index (χ3v) is 3.70. The Labute approximate surface area is 127 Å². The van der Waals surface area contributed by atoms with Gasteiger partial charge in [-0.05, 0) is 43.5 Å². The standard InChI is InChI=1S/C15H16BrN3O/c16-13-4-6-14(7-5-13)18-15(20)12(10-17)11-19-8-2-1-3-9-19/h4-7,11H,1-3,8-9H2,(H,18,20)/b12-11-. The summed E-state index contributed by atoms with van der Waals surface area (Å²) in [7, 11) is 0. The molecule has 0 radical (unpaired) electrons. The Balaban J connectivity index is 2.03. The highest BCUT2D eigenvalue weighted by Crippen LogP contribution is 2.15. The topological polar surface area (TPSA) is 56.1 Å². The number of amides is 1. The number of hydrogen-bond acceptors (Lipinski definition) is 3. The number of carbonyl (C=O) groups is 1. The minimum Gasteiger partial charge on any atom is -0.376 e. The largest absolute Gasteiger partial charge is 0.376 e. The molecule has 1 saturated heterocycles. The number of benzene rings is 1. The summed E-state index contributed by atoms with van der Waals surface area (Å²) in [6.45, 7) is 1.83. The van der Waals surface area contributed by atoms with Crippen molar-refractivity contribution in [2.24, 2.45) is 0 Å². The zero-order chi connectivity index (χ0) is 14.4. The Morgan fingerprint density at radius 1 is 1.25 bits per heavy atom. The minimum atomic E-state index is -0.361. The van der Waals surface area contributed by atoms with Crippen molar-refractivity contribution >= 4 is 27.5 Å².